The average Bonchev–Trinajstić information content (AvgIpc) is 3.09. The van der Waals surface area contributed by atoms with E-state index in [0.29, 0.717) is 35.7 Å². The monoisotopic (exact) mass is 511 g/mol. The molecule has 0 N–H and O–H groups in total. The van der Waals surface area contributed by atoms with Crippen LogP contribution in [0.25, 0.3) is 10.2 Å². The highest BCUT2D eigenvalue weighted by Crippen LogP contribution is 2.23. The number of nitrogens with zero attached hydrogens (tertiary/aromatic N) is 3. The lowest BCUT2D eigenvalue weighted by molar-refractivity contribution is -0.143. The zero-order valence-corrected chi connectivity index (χ0v) is 21.0. The molecule has 0 aliphatic carbocycles. The van der Waals surface area contributed by atoms with E-state index < -0.39 is 39.1 Å². The van der Waals surface area contributed by atoms with Gasteiger partial charge in [-0.25, -0.2) is 8.42 Å². The van der Waals surface area contributed by atoms with Crippen LogP contribution in [-0.2, 0) is 35.5 Å². The molecule has 0 bridgehead atoms. The summed E-state index contributed by atoms with van der Waals surface area (Å²) in [5.74, 6) is -2.89. The van der Waals surface area contributed by atoms with Gasteiger partial charge in [-0.1, -0.05) is 11.3 Å². The maximum Gasteiger partial charge on any atom is 0.326 e. The van der Waals surface area contributed by atoms with Crippen molar-refractivity contribution < 1.29 is 32.3 Å². The highest BCUT2D eigenvalue weighted by molar-refractivity contribution is 7.92. The number of esters is 1. The second-order valence-electron chi connectivity index (χ2n) is 7.82. The minimum atomic E-state index is -3.99. The Kier molecular flexibility index (Phi) is 8.84. The highest BCUT2D eigenvalue weighted by atomic mass is 32.2. The largest absolute Gasteiger partial charge is 0.494 e. The van der Waals surface area contributed by atoms with Crippen LogP contribution in [0, 0.1) is 0 Å². The van der Waals surface area contributed by atoms with Gasteiger partial charge in [0.15, 0.2) is 14.6 Å². The number of carbonyl (C=O) groups excluding carboxylic acids is 3. The van der Waals surface area contributed by atoms with E-state index in [0.717, 1.165) is 30.6 Å². The van der Waals surface area contributed by atoms with Gasteiger partial charge in [-0.15, -0.1) is 0 Å². The summed E-state index contributed by atoms with van der Waals surface area (Å²) in [6, 6.07) is 5.25. The van der Waals surface area contributed by atoms with Gasteiger partial charge in [0, 0.05) is 13.1 Å². The van der Waals surface area contributed by atoms with E-state index in [-0.39, 0.29) is 18.0 Å². The minimum absolute atomic E-state index is 0.166. The van der Waals surface area contributed by atoms with Gasteiger partial charge < -0.3 is 18.9 Å². The van der Waals surface area contributed by atoms with E-state index in [9.17, 15) is 22.8 Å². The molecule has 0 unspecified atom stereocenters. The molecule has 2 aromatic rings. The Balaban J connectivity index is 1.85. The number of aromatic nitrogens is 1. The van der Waals surface area contributed by atoms with Crippen molar-refractivity contribution in [2.75, 3.05) is 37.8 Å². The summed E-state index contributed by atoms with van der Waals surface area (Å²) in [5, 5.41) is 0. The maximum atomic E-state index is 12.6. The number of amides is 2. The zero-order chi connectivity index (χ0) is 24.7. The molecule has 0 spiro atoms. The summed E-state index contributed by atoms with van der Waals surface area (Å²) in [4.78, 5) is 42.7. The molecule has 1 saturated heterocycles. The van der Waals surface area contributed by atoms with Crippen molar-refractivity contribution in [3.63, 3.8) is 0 Å². The maximum absolute atomic E-state index is 12.6. The van der Waals surface area contributed by atoms with Crippen LogP contribution >= 0.6 is 11.3 Å². The second kappa shape index (κ2) is 11.6. The number of benzene rings is 1. The Morgan fingerprint density at radius 3 is 2.47 bits per heavy atom. The third-order valence-corrected chi connectivity index (χ3v) is 7.59. The molecule has 1 aliphatic rings. The van der Waals surface area contributed by atoms with Gasteiger partial charge in [-0.2, -0.15) is 4.99 Å². The molecule has 1 aliphatic heterocycles. The van der Waals surface area contributed by atoms with Gasteiger partial charge >= 0.3 is 5.97 Å². The van der Waals surface area contributed by atoms with Crippen molar-refractivity contribution in [2.45, 2.75) is 39.7 Å². The fourth-order valence-corrected chi connectivity index (χ4v) is 5.86. The lowest BCUT2D eigenvalue weighted by Gasteiger charge is -2.26. The second-order valence-corrected chi connectivity index (χ2v) is 10.9. The van der Waals surface area contributed by atoms with Crippen LogP contribution in [0.15, 0.2) is 23.2 Å². The van der Waals surface area contributed by atoms with E-state index in [4.69, 9.17) is 9.47 Å². The van der Waals surface area contributed by atoms with E-state index in [1.54, 1.807) is 25.1 Å². The SMILES string of the molecule is CCOC(=O)Cn1c(=NC(=O)CS(=O)(=O)CC(=O)N2CCCCC2)sc2cc(OCC)ccc21. The average molecular weight is 512 g/mol. The molecule has 1 aromatic heterocycles. The van der Waals surface area contributed by atoms with Crippen LogP contribution in [0.3, 0.4) is 0 Å². The number of carbonyl (C=O) groups is 3. The summed E-state index contributed by atoms with van der Waals surface area (Å²) < 4.78 is 37.8. The molecule has 186 valence electrons. The first-order valence-corrected chi connectivity index (χ1v) is 13.8. The van der Waals surface area contributed by atoms with Crippen LogP contribution in [-0.4, -0.2) is 73.5 Å². The van der Waals surface area contributed by atoms with Crippen molar-refractivity contribution in [3.05, 3.63) is 23.0 Å². The van der Waals surface area contributed by atoms with E-state index in [1.807, 2.05) is 6.92 Å². The first kappa shape index (κ1) is 25.9. The van der Waals surface area contributed by atoms with Crippen molar-refractivity contribution >= 4 is 49.2 Å². The summed E-state index contributed by atoms with van der Waals surface area (Å²) >= 11 is 1.13. The van der Waals surface area contributed by atoms with Gasteiger partial charge in [-0.05, 0) is 51.3 Å². The Bertz CT molecular complexity index is 1220. The standard InChI is InChI=1S/C22H29N3O7S2/c1-3-31-16-8-9-17-18(12-16)33-22(25(17)13-21(28)32-4-2)23-19(26)14-34(29,30)15-20(27)24-10-6-5-7-11-24/h8-9,12H,3-7,10-11,13-15H2,1-2H3. The third kappa shape index (κ3) is 6.89. The molecule has 1 aromatic carbocycles. The molecule has 10 nitrogen and oxygen atoms in total. The molecule has 34 heavy (non-hydrogen) atoms. The number of hydrogen-bond acceptors (Lipinski definition) is 8. The Hall–Kier alpha value is -2.73. The third-order valence-electron chi connectivity index (χ3n) is 5.17. The summed E-state index contributed by atoms with van der Waals surface area (Å²) in [5.41, 5.74) is 0.635. The van der Waals surface area contributed by atoms with E-state index >= 15 is 0 Å². The van der Waals surface area contributed by atoms with Crippen LogP contribution in [0.2, 0.25) is 0 Å². The van der Waals surface area contributed by atoms with E-state index in [1.165, 1.54) is 9.47 Å². The molecule has 1 fully saturated rings. The predicted molar refractivity (Wildman–Crippen MR) is 127 cm³/mol. The van der Waals surface area contributed by atoms with Gasteiger partial charge in [-0.3, -0.25) is 14.4 Å². The van der Waals surface area contributed by atoms with Crippen LogP contribution in [0.1, 0.15) is 33.1 Å². The number of hydrogen-bond donors (Lipinski definition) is 0. The number of fused-ring (bicyclic) bond motifs is 1. The molecule has 0 radical (unpaired) electrons. The number of sulfone groups is 1. The first-order valence-electron chi connectivity index (χ1n) is 11.2. The molecular weight excluding hydrogens is 482 g/mol. The fourth-order valence-electron chi connectivity index (χ4n) is 3.68. The number of piperidine rings is 1. The van der Waals surface area contributed by atoms with Crippen molar-refractivity contribution in [1.82, 2.24) is 9.47 Å². The number of likely N-dealkylation sites (tertiary alicyclic amines) is 1. The topological polar surface area (TPSA) is 124 Å². The summed E-state index contributed by atoms with van der Waals surface area (Å²) in [6.45, 7) is 5.10. The lowest BCUT2D eigenvalue weighted by atomic mass is 10.1. The smallest absolute Gasteiger partial charge is 0.326 e. The van der Waals surface area contributed by atoms with Crippen LogP contribution < -0.4 is 9.54 Å². The number of rotatable bonds is 9. The van der Waals surface area contributed by atoms with Crippen molar-refractivity contribution in [1.29, 1.82) is 0 Å². The summed E-state index contributed by atoms with van der Waals surface area (Å²) in [7, 11) is -3.99. The fraction of sp³-hybridized carbons (Fsp3) is 0.545. The number of ether oxygens (including phenoxy) is 2. The van der Waals surface area contributed by atoms with Crippen LogP contribution in [0.4, 0.5) is 0 Å². The Morgan fingerprint density at radius 1 is 1.06 bits per heavy atom. The molecular formula is C22H29N3O7S2. The zero-order valence-electron chi connectivity index (χ0n) is 19.3. The van der Waals surface area contributed by atoms with Gasteiger partial charge in [0.05, 0.1) is 23.4 Å². The van der Waals surface area contributed by atoms with Gasteiger partial charge in [0.1, 0.15) is 23.8 Å². The van der Waals surface area contributed by atoms with Crippen molar-refractivity contribution in [3.8, 4) is 5.75 Å². The van der Waals surface area contributed by atoms with Gasteiger partial charge in [0.25, 0.3) is 5.91 Å². The lowest BCUT2D eigenvalue weighted by Crippen LogP contribution is -2.40. The van der Waals surface area contributed by atoms with E-state index in [2.05, 4.69) is 4.99 Å². The molecule has 12 heteroatoms. The molecule has 2 heterocycles. The molecule has 2 amide bonds. The normalized spacial score (nSPS) is 14.9. The number of thiazole rings is 1. The quantitative estimate of drug-likeness (QED) is 0.468. The van der Waals surface area contributed by atoms with Gasteiger partial charge in [0.2, 0.25) is 5.91 Å². The Labute approximate surface area is 202 Å². The summed E-state index contributed by atoms with van der Waals surface area (Å²) in [6.07, 6.45) is 2.70. The minimum Gasteiger partial charge on any atom is -0.494 e. The predicted octanol–water partition coefficient (Wildman–Crippen LogP) is 1.52. The highest BCUT2D eigenvalue weighted by Gasteiger charge is 2.25. The molecule has 0 saturated carbocycles. The van der Waals surface area contributed by atoms with Crippen molar-refractivity contribution in [2.24, 2.45) is 4.99 Å². The molecule has 3 rings (SSSR count). The Morgan fingerprint density at radius 2 is 1.79 bits per heavy atom. The molecule has 0 atom stereocenters. The van der Waals surface area contributed by atoms with Crippen LogP contribution in [0.5, 0.6) is 5.75 Å². The first-order chi connectivity index (χ1) is 16.2.